The molecule has 1 aromatic rings. The second-order valence-electron chi connectivity index (χ2n) is 4.41. The third-order valence-corrected chi connectivity index (χ3v) is 2.95. The lowest BCUT2D eigenvalue weighted by Crippen LogP contribution is -2.47. The molecule has 2 nitrogen and oxygen atoms in total. The predicted molar refractivity (Wildman–Crippen MR) is 55.2 cm³/mol. The Hall–Kier alpha value is -0.930. The first-order chi connectivity index (χ1) is 7.15. The molecule has 82 valence electrons. The highest BCUT2D eigenvalue weighted by atomic mass is 19.1. The van der Waals surface area contributed by atoms with Gasteiger partial charge >= 0.3 is 0 Å². The Balaban J connectivity index is 2.13. The van der Waals surface area contributed by atoms with Crippen LogP contribution < -0.4 is 0 Å². The topological polar surface area (TPSA) is 29.5 Å². The fourth-order valence-corrected chi connectivity index (χ4v) is 1.89. The van der Waals surface area contributed by atoms with Crippen LogP contribution in [-0.2, 0) is 11.2 Å². The maximum atomic E-state index is 13.0. The monoisotopic (exact) mass is 210 g/mol. The minimum atomic E-state index is -0.179. The average Bonchev–Trinajstić information content (AvgIpc) is 2.17. The van der Waals surface area contributed by atoms with Gasteiger partial charge in [0.2, 0.25) is 0 Å². The summed E-state index contributed by atoms with van der Waals surface area (Å²) in [4.78, 5) is 0. The van der Waals surface area contributed by atoms with Crippen LogP contribution in [0.4, 0.5) is 4.39 Å². The van der Waals surface area contributed by atoms with E-state index in [0.29, 0.717) is 18.8 Å². The van der Waals surface area contributed by atoms with Crippen molar-refractivity contribution in [3.8, 4) is 0 Å². The molecule has 0 atom stereocenters. The molecule has 0 radical (unpaired) electrons. The highest BCUT2D eigenvalue weighted by Gasteiger charge is 2.37. The van der Waals surface area contributed by atoms with Crippen LogP contribution in [0.3, 0.4) is 0 Å². The maximum absolute atomic E-state index is 13.0. The molecule has 0 unspecified atom stereocenters. The van der Waals surface area contributed by atoms with Crippen molar-refractivity contribution in [1.82, 2.24) is 0 Å². The molecule has 0 aromatic heterocycles. The number of aliphatic hydroxyl groups is 1. The van der Waals surface area contributed by atoms with E-state index in [2.05, 4.69) is 0 Å². The van der Waals surface area contributed by atoms with Gasteiger partial charge in [0.25, 0.3) is 0 Å². The molecule has 0 bridgehead atoms. The Kier molecular flexibility index (Phi) is 2.76. The van der Waals surface area contributed by atoms with Crippen LogP contribution in [0.15, 0.2) is 18.2 Å². The first kappa shape index (κ1) is 10.6. The molecule has 1 aromatic carbocycles. The van der Waals surface area contributed by atoms with Crippen molar-refractivity contribution >= 4 is 0 Å². The number of hydrogen-bond acceptors (Lipinski definition) is 2. The summed E-state index contributed by atoms with van der Waals surface area (Å²) in [5.41, 5.74) is 1.58. The van der Waals surface area contributed by atoms with E-state index in [1.807, 2.05) is 6.07 Å². The van der Waals surface area contributed by atoms with Gasteiger partial charge in [-0.2, -0.15) is 0 Å². The van der Waals surface area contributed by atoms with E-state index in [1.54, 1.807) is 13.0 Å². The van der Waals surface area contributed by atoms with Crippen LogP contribution in [0.1, 0.15) is 11.1 Å². The molecule has 1 saturated heterocycles. The molecule has 15 heavy (non-hydrogen) atoms. The van der Waals surface area contributed by atoms with E-state index in [4.69, 9.17) is 4.74 Å². The number of rotatable bonds is 3. The van der Waals surface area contributed by atoms with Crippen molar-refractivity contribution in [2.75, 3.05) is 19.8 Å². The second-order valence-corrected chi connectivity index (χ2v) is 4.41. The summed E-state index contributed by atoms with van der Waals surface area (Å²) in [5, 5.41) is 9.27. The minimum absolute atomic E-state index is 0.128. The molecular formula is C12H15FO2. The van der Waals surface area contributed by atoms with Crippen LogP contribution in [0.25, 0.3) is 0 Å². The van der Waals surface area contributed by atoms with Gasteiger partial charge in [0.15, 0.2) is 0 Å². The molecule has 1 aliphatic rings. The normalized spacial score (nSPS) is 18.6. The molecule has 1 aliphatic heterocycles. The highest BCUT2D eigenvalue weighted by Crippen LogP contribution is 2.31. The first-order valence-electron chi connectivity index (χ1n) is 5.09. The minimum Gasteiger partial charge on any atom is -0.396 e. The van der Waals surface area contributed by atoms with E-state index < -0.39 is 0 Å². The van der Waals surface area contributed by atoms with E-state index in [0.717, 1.165) is 12.0 Å². The van der Waals surface area contributed by atoms with Crippen molar-refractivity contribution in [3.63, 3.8) is 0 Å². The lowest BCUT2D eigenvalue weighted by Gasteiger charge is -2.40. The third-order valence-electron chi connectivity index (χ3n) is 2.95. The van der Waals surface area contributed by atoms with Gasteiger partial charge in [-0.1, -0.05) is 12.1 Å². The van der Waals surface area contributed by atoms with Crippen LogP contribution in [0, 0.1) is 18.2 Å². The molecule has 1 heterocycles. The van der Waals surface area contributed by atoms with Crippen LogP contribution in [0.5, 0.6) is 0 Å². The molecule has 0 saturated carbocycles. The molecular weight excluding hydrogens is 195 g/mol. The summed E-state index contributed by atoms with van der Waals surface area (Å²) in [6.07, 6.45) is 0.755. The van der Waals surface area contributed by atoms with Gasteiger partial charge in [0.05, 0.1) is 19.8 Å². The lowest BCUT2D eigenvalue weighted by molar-refractivity contribution is -0.136. The van der Waals surface area contributed by atoms with Crippen molar-refractivity contribution < 1.29 is 14.2 Å². The Morgan fingerprint density at radius 3 is 2.67 bits per heavy atom. The average molecular weight is 210 g/mol. The standard InChI is InChI=1S/C12H15FO2/c1-9-4-10(2-3-11(9)13)5-12(6-14)7-15-8-12/h2-4,14H,5-8H2,1H3. The van der Waals surface area contributed by atoms with Gasteiger partial charge in [-0.15, -0.1) is 0 Å². The number of aliphatic hydroxyl groups excluding tert-OH is 1. The molecule has 1 fully saturated rings. The maximum Gasteiger partial charge on any atom is 0.126 e. The van der Waals surface area contributed by atoms with Crippen LogP contribution in [0.2, 0.25) is 0 Å². The molecule has 2 rings (SSSR count). The fraction of sp³-hybridized carbons (Fsp3) is 0.500. The zero-order valence-electron chi connectivity index (χ0n) is 8.79. The van der Waals surface area contributed by atoms with Crippen molar-refractivity contribution in [2.24, 2.45) is 5.41 Å². The van der Waals surface area contributed by atoms with E-state index in [1.165, 1.54) is 6.07 Å². The molecule has 0 spiro atoms. The quantitative estimate of drug-likeness (QED) is 0.822. The molecule has 1 N–H and O–H groups in total. The Labute approximate surface area is 88.7 Å². The summed E-state index contributed by atoms with van der Waals surface area (Å²) in [6.45, 7) is 3.07. The van der Waals surface area contributed by atoms with Crippen molar-refractivity contribution in [2.45, 2.75) is 13.3 Å². The SMILES string of the molecule is Cc1cc(CC2(CO)COC2)ccc1F. The van der Waals surface area contributed by atoms with Gasteiger partial charge in [-0.05, 0) is 30.5 Å². The Bertz CT molecular complexity index is 353. The highest BCUT2D eigenvalue weighted by molar-refractivity contribution is 5.25. The predicted octanol–water partition coefficient (Wildman–Crippen LogP) is 1.69. The smallest absolute Gasteiger partial charge is 0.126 e. The number of halogens is 1. The number of aryl methyl sites for hydroxylation is 1. The van der Waals surface area contributed by atoms with Gasteiger partial charge in [0, 0.05) is 5.41 Å². The number of ether oxygens (including phenoxy) is 1. The summed E-state index contributed by atoms with van der Waals surface area (Å²) < 4.78 is 18.2. The van der Waals surface area contributed by atoms with Crippen LogP contribution >= 0.6 is 0 Å². The van der Waals surface area contributed by atoms with E-state index in [-0.39, 0.29) is 17.8 Å². The summed E-state index contributed by atoms with van der Waals surface area (Å²) in [5.74, 6) is -0.179. The van der Waals surface area contributed by atoms with E-state index in [9.17, 15) is 9.50 Å². The summed E-state index contributed by atoms with van der Waals surface area (Å²) >= 11 is 0. The van der Waals surface area contributed by atoms with Gasteiger partial charge in [-0.3, -0.25) is 0 Å². The Morgan fingerprint density at radius 2 is 2.20 bits per heavy atom. The number of benzene rings is 1. The zero-order valence-corrected chi connectivity index (χ0v) is 8.79. The third kappa shape index (κ3) is 2.03. The number of hydrogen-bond donors (Lipinski definition) is 1. The summed E-state index contributed by atoms with van der Waals surface area (Å²) in [6, 6.07) is 5.10. The molecule has 3 heteroatoms. The summed E-state index contributed by atoms with van der Waals surface area (Å²) in [7, 11) is 0. The van der Waals surface area contributed by atoms with Gasteiger partial charge in [-0.25, -0.2) is 4.39 Å². The van der Waals surface area contributed by atoms with E-state index >= 15 is 0 Å². The molecule has 0 aliphatic carbocycles. The van der Waals surface area contributed by atoms with Gasteiger partial charge in [0.1, 0.15) is 5.82 Å². The second kappa shape index (κ2) is 3.91. The van der Waals surface area contributed by atoms with Crippen molar-refractivity contribution in [3.05, 3.63) is 35.1 Å². The largest absolute Gasteiger partial charge is 0.396 e. The molecule has 0 amide bonds. The van der Waals surface area contributed by atoms with Gasteiger partial charge < -0.3 is 9.84 Å². The lowest BCUT2D eigenvalue weighted by atomic mass is 9.80. The first-order valence-corrected chi connectivity index (χ1v) is 5.09. The fourth-order valence-electron chi connectivity index (χ4n) is 1.89. The van der Waals surface area contributed by atoms with Crippen molar-refractivity contribution in [1.29, 1.82) is 0 Å². The zero-order chi connectivity index (χ0) is 10.9. The van der Waals surface area contributed by atoms with Crippen LogP contribution in [-0.4, -0.2) is 24.9 Å². The Morgan fingerprint density at radius 1 is 1.47 bits per heavy atom.